The van der Waals surface area contributed by atoms with Crippen LogP contribution in [-0.2, 0) is 12.6 Å². The van der Waals surface area contributed by atoms with Crippen LogP contribution in [0.2, 0.25) is 14.8 Å². The van der Waals surface area contributed by atoms with Gasteiger partial charge in [-0.3, -0.25) is 0 Å². The van der Waals surface area contributed by atoms with Gasteiger partial charge in [-0.15, -0.1) is 0 Å². The molecule has 0 unspecified atom stereocenters. The van der Waals surface area contributed by atoms with Crippen molar-refractivity contribution >= 4 is 32.4 Å². The predicted octanol–water partition coefficient (Wildman–Crippen LogP) is 8.95. The van der Waals surface area contributed by atoms with E-state index < -0.39 is 19.8 Å². The van der Waals surface area contributed by atoms with Crippen LogP contribution in [0.3, 0.4) is 0 Å². The van der Waals surface area contributed by atoms with Crippen LogP contribution >= 0.6 is 0 Å². The molecule has 0 amide bonds. The Bertz CT molecular complexity index is 186. The van der Waals surface area contributed by atoms with Crippen LogP contribution < -0.4 is 0 Å². The molecule has 0 aromatic heterocycles. The molecule has 0 aromatic carbocycles. The van der Waals surface area contributed by atoms with Crippen molar-refractivity contribution in [2.75, 3.05) is 5.75 Å². The molecule has 2 heteroatoms. The van der Waals surface area contributed by atoms with Crippen LogP contribution in [0.25, 0.3) is 0 Å². The Morgan fingerprint density at radius 2 is 0.640 bits per heavy atom. The van der Waals surface area contributed by atoms with Crippen molar-refractivity contribution in [3.05, 3.63) is 0 Å². The standard InChI is InChI=1S/C20H42S.3CH3.Sn/c1-2-3-4-5-6-7-8-9-10-11-12-13-14-15-16-17-18-19-20-21;;;;/h21H,2-20H2,1H3;3*1H3;/q;;;;+1/p-1. The number of rotatable bonds is 18. The summed E-state index contributed by atoms with van der Waals surface area (Å²) in [6.45, 7) is 2.29. The average molecular weight is 477 g/mol. The van der Waals surface area contributed by atoms with Crippen LogP contribution in [0.5, 0.6) is 0 Å². The zero-order valence-corrected chi connectivity index (χ0v) is 22.0. The van der Waals surface area contributed by atoms with Gasteiger partial charge in [-0.2, -0.15) is 5.75 Å². The summed E-state index contributed by atoms with van der Waals surface area (Å²) in [5.74, 6) is 0.957. The summed E-state index contributed by atoms with van der Waals surface area (Å²) in [4.78, 5) is 7.09. The van der Waals surface area contributed by atoms with Crippen LogP contribution in [0.4, 0.5) is 0 Å². The van der Waals surface area contributed by atoms with Gasteiger partial charge in [0, 0.05) is 0 Å². The van der Waals surface area contributed by atoms with Gasteiger partial charge in [0.2, 0.25) is 0 Å². The molecule has 152 valence electrons. The molecule has 0 rings (SSSR count). The molecule has 0 heterocycles. The van der Waals surface area contributed by atoms with Gasteiger partial charge in [-0.1, -0.05) is 122 Å². The maximum atomic E-state index is 4.96. The number of hydrogen-bond donors (Lipinski definition) is 0. The molecular weight excluding hydrogens is 427 g/mol. The average Bonchev–Trinajstić information content (AvgIpc) is 2.57. The molecule has 0 atom stereocenters. The van der Waals surface area contributed by atoms with Gasteiger partial charge in [0.1, 0.15) is 0 Å². The molecule has 0 bridgehead atoms. The molecule has 25 heavy (non-hydrogen) atoms. The van der Waals surface area contributed by atoms with Gasteiger partial charge in [-0.05, 0) is 0 Å². The summed E-state index contributed by atoms with van der Waals surface area (Å²) in [5, 5.41) is 0. The van der Waals surface area contributed by atoms with E-state index in [2.05, 4.69) is 21.7 Å². The fourth-order valence-electron chi connectivity index (χ4n) is 3.00. The van der Waals surface area contributed by atoms with Crippen LogP contribution in [0.15, 0.2) is 0 Å². The summed E-state index contributed by atoms with van der Waals surface area (Å²) in [6.07, 6.45) is 26.0. The Hall–Kier alpha value is 1.15. The van der Waals surface area contributed by atoms with Crippen molar-refractivity contribution < 1.29 is 0 Å². The number of hydrogen-bond acceptors (Lipinski definition) is 1. The first kappa shape index (κ1) is 28.4. The van der Waals surface area contributed by atoms with Crippen molar-refractivity contribution in [2.24, 2.45) is 0 Å². The van der Waals surface area contributed by atoms with Crippen LogP contribution in [0, 0.1) is 0 Å². The van der Waals surface area contributed by atoms with Gasteiger partial charge in [0.25, 0.3) is 0 Å². The molecule has 0 aliphatic rings. The van der Waals surface area contributed by atoms with E-state index in [1.807, 2.05) is 0 Å². The summed E-state index contributed by atoms with van der Waals surface area (Å²) in [6, 6.07) is 0. The van der Waals surface area contributed by atoms with Crippen molar-refractivity contribution in [1.82, 2.24) is 0 Å². The summed E-state index contributed by atoms with van der Waals surface area (Å²) >= 11 is 4.42. The van der Waals surface area contributed by atoms with Crippen molar-refractivity contribution in [3.8, 4) is 0 Å². The van der Waals surface area contributed by atoms with Crippen molar-refractivity contribution in [1.29, 1.82) is 0 Å². The first-order chi connectivity index (χ1) is 12.1. The summed E-state index contributed by atoms with van der Waals surface area (Å²) in [7, 11) is 0. The van der Waals surface area contributed by atoms with E-state index in [0.29, 0.717) is 0 Å². The molecule has 0 fully saturated rings. The summed E-state index contributed by atoms with van der Waals surface area (Å²) in [5.41, 5.74) is 0. The molecule has 0 radical (unpaired) electrons. The van der Waals surface area contributed by atoms with E-state index in [1.165, 1.54) is 116 Å². The third kappa shape index (κ3) is 36.8. The first-order valence-corrected chi connectivity index (χ1v) is 20.6. The topological polar surface area (TPSA) is 0 Å². The second-order valence-corrected chi connectivity index (χ2v) is 17.2. The Morgan fingerprint density at radius 1 is 0.440 bits per heavy atom. The Labute approximate surface area is 174 Å². The van der Waals surface area contributed by atoms with Gasteiger partial charge in [-0.25, -0.2) is 0 Å². The Morgan fingerprint density at radius 3 is 0.840 bits per heavy atom. The monoisotopic (exact) mass is 478 g/mol. The quantitative estimate of drug-likeness (QED) is 0.108. The maximum absolute atomic E-state index is 4.96. The minimum atomic E-state index is -0.543. The van der Waals surface area contributed by atoms with Gasteiger partial charge < -0.3 is 12.6 Å². The van der Waals surface area contributed by atoms with E-state index in [1.54, 1.807) is 0 Å². The molecule has 0 spiro atoms. The van der Waals surface area contributed by atoms with Crippen LogP contribution in [0.1, 0.15) is 122 Å². The molecule has 0 N–H and O–H groups in total. The van der Waals surface area contributed by atoms with E-state index in [0.717, 1.165) is 5.75 Å². The Kier molecular flexibility index (Phi) is 31.0. The van der Waals surface area contributed by atoms with E-state index in [4.69, 9.17) is 12.6 Å². The van der Waals surface area contributed by atoms with Crippen molar-refractivity contribution in [3.63, 3.8) is 0 Å². The second kappa shape index (κ2) is 27.4. The summed E-state index contributed by atoms with van der Waals surface area (Å²) < 4.78 is 0. The minimum absolute atomic E-state index is 0.543. The van der Waals surface area contributed by atoms with Gasteiger partial charge in [0.15, 0.2) is 0 Å². The fourth-order valence-corrected chi connectivity index (χ4v) is 3.21. The zero-order chi connectivity index (χ0) is 19.0. The molecule has 0 aromatic rings. The van der Waals surface area contributed by atoms with E-state index in [9.17, 15) is 0 Å². The van der Waals surface area contributed by atoms with E-state index in [-0.39, 0.29) is 0 Å². The normalized spacial score (nSPS) is 10.4. The third-order valence-corrected chi connectivity index (χ3v) is 4.79. The molecule has 0 saturated heterocycles. The molecule has 0 saturated carbocycles. The molecule has 0 aliphatic carbocycles. The molecule has 0 aliphatic heterocycles. The number of unbranched alkanes of at least 4 members (excludes halogenated alkanes) is 17. The van der Waals surface area contributed by atoms with E-state index >= 15 is 0 Å². The van der Waals surface area contributed by atoms with Gasteiger partial charge >= 0.3 is 34.6 Å². The predicted molar refractivity (Wildman–Crippen MR) is 124 cm³/mol. The third-order valence-electron chi connectivity index (χ3n) is 4.50. The Balaban J connectivity index is 0. The SMILES string of the molecule is CCCCCCCCCCCCCCCCCCCC[S-].[CH3][Sn+]([CH3])[CH3]. The second-order valence-electron chi connectivity index (χ2n) is 8.21. The molecular formula is C23H50SSn. The van der Waals surface area contributed by atoms with Crippen LogP contribution in [-0.4, -0.2) is 25.5 Å². The van der Waals surface area contributed by atoms with Gasteiger partial charge in [0.05, 0.1) is 0 Å². The zero-order valence-electron chi connectivity index (χ0n) is 18.3. The fraction of sp³-hybridized carbons (Fsp3) is 1.00. The molecule has 0 nitrogen and oxygen atoms in total. The first-order valence-electron chi connectivity index (χ1n) is 11.5. The van der Waals surface area contributed by atoms with Crippen molar-refractivity contribution in [2.45, 2.75) is 137 Å².